The molecule has 2 aromatic rings. The van der Waals surface area contributed by atoms with Crippen LogP contribution in [-0.2, 0) is 0 Å². The quantitative estimate of drug-likeness (QED) is 0.877. The normalized spacial score (nSPS) is 26.2. The minimum atomic E-state index is -2.75. The maximum atomic E-state index is 12.8. The van der Waals surface area contributed by atoms with Crippen LogP contribution in [0.25, 0.3) is 11.0 Å². The number of alkyl halides is 2. The van der Waals surface area contributed by atoms with Crippen LogP contribution in [-0.4, -0.2) is 39.1 Å². The summed E-state index contributed by atoms with van der Waals surface area (Å²) >= 11 is 0. The summed E-state index contributed by atoms with van der Waals surface area (Å²) < 4.78 is 25.7. The molecule has 0 spiro atoms. The third-order valence-electron chi connectivity index (χ3n) is 5.41. The molecule has 2 aliphatic rings. The number of hydrogen-bond donors (Lipinski definition) is 2. The van der Waals surface area contributed by atoms with E-state index >= 15 is 0 Å². The second-order valence-electron chi connectivity index (χ2n) is 7.43. The van der Waals surface area contributed by atoms with Gasteiger partial charge in [-0.3, -0.25) is 4.79 Å². The van der Waals surface area contributed by atoms with Crippen molar-refractivity contribution in [3.8, 4) is 0 Å². The van der Waals surface area contributed by atoms with Crippen molar-refractivity contribution in [1.82, 2.24) is 15.3 Å². The van der Waals surface area contributed by atoms with Gasteiger partial charge in [-0.05, 0) is 56.7 Å². The Morgan fingerprint density at radius 3 is 2.62 bits per heavy atom. The third kappa shape index (κ3) is 3.40. The molecule has 2 N–H and O–H groups in total. The fourth-order valence-electron chi connectivity index (χ4n) is 3.50. The van der Waals surface area contributed by atoms with Gasteiger partial charge in [0.25, 0.3) is 12.3 Å². The third-order valence-corrected chi connectivity index (χ3v) is 5.41. The predicted octanol–water partition coefficient (Wildman–Crippen LogP) is 3.18. The molecule has 2 aromatic heterocycles. The summed E-state index contributed by atoms with van der Waals surface area (Å²) in [6.07, 6.45) is 1.72. The Morgan fingerprint density at radius 1 is 1.23 bits per heavy atom. The van der Waals surface area contributed by atoms with Gasteiger partial charge in [0.1, 0.15) is 5.60 Å². The van der Waals surface area contributed by atoms with Crippen LogP contribution in [0.1, 0.15) is 60.5 Å². The number of carbonyl (C=O) groups excluding carboxylic acids is 1. The smallest absolute Gasteiger partial charge is 0.266 e. The molecule has 1 amide bonds. The van der Waals surface area contributed by atoms with Crippen LogP contribution < -0.4 is 5.32 Å². The summed E-state index contributed by atoms with van der Waals surface area (Å²) in [5.41, 5.74) is 0.186. The van der Waals surface area contributed by atoms with Gasteiger partial charge < -0.3 is 10.4 Å². The summed E-state index contributed by atoms with van der Waals surface area (Å²) in [7, 11) is 0. The first-order chi connectivity index (χ1) is 12.4. The number of pyridine rings is 2. The molecular weight excluding hydrogens is 340 g/mol. The highest BCUT2D eigenvalue weighted by Crippen LogP contribution is 2.39. The number of halogens is 2. The molecule has 2 aliphatic carbocycles. The molecule has 26 heavy (non-hydrogen) atoms. The summed E-state index contributed by atoms with van der Waals surface area (Å²) in [6, 6.07) is 5.45. The fourth-order valence-corrected chi connectivity index (χ4v) is 3.50. The summed E-state index contributed by atoms with van der Waals surface area (Å²) in [6.45, 7) is 0. The SMILES string of the molecule is O=C(NC1CCC(O)(C(F)F)CC1)c1cnc2nc(C3CC3)ccc2c1. The average Bonchev–Trinajstić information content (AvgIpc) is 3.48. The number of hydrogen-bond acceptors (Lipinski definition) is 4. The Kier molecular flexibility index (Phi) is 4.34. The van der Waals surface area contributed by atoms with Crippen molar-refractivity contribution in [1.29, 1.82) is 0 Å². The first-order valence-corrected chi connectivity index (χ1v) is 9.03. The first-order valence-electron chi connectivity index (χ1n) is 9.03. The van der Waals surface area contributed by atoms with Gasteiger partial charge in [-0.2, -0.15) is 0 Å². The van der Waals surface area contributed by atoms with Gasteiger partial charge in [0, 0.05) is 29.2 Å². The minimum absolute atomic E-state index is 0.0144. The Labute approximate surface area is 149 Å². The molecule has 5 nitrogen and oxygen atoms in total. The zero-order valence-corrected chi connectivity index (χ0v) is 14.3. The maximum Gasteiger partial charge on any atom is 0.266 e. The lowest BCUT2D eigenvalue weighted by atomic mass is 9.82. The number of aliphatic hydroxyl groups is 1. The monoisotopic (exact) mass is 361 g/mol. The van der Waals surface area contributed by atoms with Crippen molar-refractivity contribution in [2.75, 3.05) is 0 Å². The summed E-state index contributed by atoms with van der Waals surface area (Å²) in [5, 5.41) is 13.5. The summed E-state index contributed by atoms with van der Waals surface area (Å²) in [5.74, 6) is 0.264. The van der Waals surface area contributed by atoms with E-state index in [1.807, 2.05) is 12.1 Å². The van der Waals surface area contributed by atoms with Crippen LogP contribution in [0.3, 0.4) is 0 Å². The van der Waals surface area contributed by atoms with Crippen molar-refractivity contribution < 1.29 is 18.7 Å². The van der Waals surface area contributed by atoms with Gasteiger partial charge in [-0.25, -0.2) is 18.7 Å². The number of fused-ring (bicyclic) bond motifs is 1. The number of aromatic nitrogens is 2. The van der Waals surface area contributed by atoms with Crippen molar-refractivity contribution in [2.45, 2.75) is 62.5 Å². The van der Waals surface area contributed by atoms with Gasteiger partial charge in [-0.1, -0.05) is 0 Å². The van der Waals surface area contributed by atoms with Crippen molar-refractivity contribution in [2.24, 2.45) is 0 Å². The Morgan fingerprint density at radius 2 is 1.96 bits per heavy atom. The molecular formula is C19H21F2N3O2. The Hall–Kier alpha value is -2.15. The van der Waals surface area contributed by atoms with Crippen LogP contribution >= 0.6 is 0 Å². The average molecular weight is 361 g/mol. The number of amides is 1. The number of rotatable bonds is 4. The molecule has 138 valence electrons. The molecule has 7 heteroatoms. The van der Waals surface area contributed by atoms with Crippen molar-refractivity contribution >= 4 is 16.9 Å². The standard InChI is InChI=1S/C19H21F2N3O2/c20-18(21)19(26)7-5-14(6-8-19)23-17(25)13-9-12-3-4-15(11-1-2-11)24-16(12)22-10-13/h3-4,9-11,14,18,26H,1-2,5-8H2,(H,23,25). The van der Waals surface area contributed by atoms with Gasteiger partial charge >= 0.3 is 0 Å². The number of carbonyl (C=O) groups is 1. The molecule has 0 aromatic carbocycles. The maximum absolute atomic E-state index is 12.8. The van der Waals surface area contributed by atoms with Gasteiger partial charge in [0.2, 0.25) is 0 Å². The largest absolute Gasteiger partial charge is 0.384 e. The van der Waals surface area contributed by atoms with E-state index in [9.17, 15) is 18.7 Å². The summed E-state index contributed by atoms with van der Waals surface area (Å²) in [4.78, 5) is 21.3. The minimum Gasteiger partial charge on any atom is -0.384 e. The van der Waals surface area contributed by atoms with Crippen molar-refractivity contribution in [3.05, 3.63) is 35.7 Å². The Balaban J connectivity index is 1.42. The zero-order chi connectivity index (χ0) is 18.3. The van der Waals surface area contributed by atoms with Gasteiger partial charge in [-0.15, -0.1) is 0 Å². The second kappa shape index (κ2) is 6.54. The molecule has 2 fully saturated rings. The van der Waals surface area contributed by atoms with E-state index in [0.717, 1.165) is 11.1 Å². The van der Waals surface area contributed by atoms with E-state index in [0.29, 0.717) is 30.0 Å². The van der Waals surface area contributed by atoms with Crippen LogP contribution in [0.2, 0.25) is 0 Å². The van der Waals surface area contributed by atoms with E-state index in [2.05, 4.69) is 15.3 Å². The van der Waals surface area contributed by atoms with Crippen LogP contribution in [0, 0.1) is 0 Å². The van der Waals surface area contributed by atoms with Crippen LogP contribution in [0.5, 0.6) is 0 Å². The van der Waals surface area contributed by atoms with E-state index in [1.165, 1.54) is 19.0 Å². The predicted molar refractivity (Wildman–Crippen MR) is 92.2 cm³/mol. The van der Waals surface area contributed by atoms with Crippen LogP contribution in [0.15, 0.2) is 24.4 Å². The zero-order valence-electron chi connectivity index (χ0n) is 14.3. The molecule has 0 bridgehead atoms. The molecule has 0 unspecified atom stereocenters. The highest BCUT2D eigenvalue weighted by Gasteiger charge is 2.41. The van der Waals surface area contributed by atoms with Crippen LogP contribution in [0.4, 0.5) is 8.78 Å². The lowest BCUT2D eigenvalue weighted by Crippen LogP contribution is -2.46. The highest BCUT2D eigenvalue weighted by atomic mass is 19.3. The van der Waals surface area contributed by atoms with E-state index in [1.54, 1.807) is 6.07 Å². The van der Waals surface area contributed by atoms with E-state index in [-0.39, 0.29) is 24.8 Å². The lowest BCUT2D eigenvalue weighted by molar-refractivity contribution is -0.119. The molecule has 0 aliphatic heterocycles. The molecule has 2 saturated carbocycles. The highest BCUT2D eigenvalue weighted by molar-refractivity contribution is 5.97. The molecule has 2 heterocycles. The number of nitrogens with zero attached hydrogens (tertiary/aromatic N) is 2. The van der Waals surface area contributed by atoms with Crippen molar-refractivity contribution in [3.63, 3.8) is 0 Å². The molecule has 0 radical (unpaired) electrons. The number of nitrogens with one attached hydrogen (secondary N) is 1. The molecule has 0 saturated heterocycles. The topological polar surface area (TPSA) is 75.1 Å². The van der Waals surface area contributed by atoms with E-state index < -0.39 is 12.0 Å². The Bertz CT molecular complexity index is 831. The van der Waals surface area contributed by atoms with Gasteiger partial charge in [0.15, 0.2) is 5.65 Å². The van der Waals surface area contributed by atoms with E-state index in [4.69, 9.17) is 0 Å². The first kappa shape index (κ1) is 17.3. The van der Waals surface area contributed by atoms with Gasteiger partial charge in [0.05, 0.1) is 5.56 Å². The fraction of sp³-hybridized carbons (Fsp3) is 0.526. The second-order valence-corrected chi connectivity index (χ2v) is 7.43. The molecule has 0 atom stereocenters. The molecule has 4 rings (SSSR count). The lowest BCUT2D eigenvalue weighted by Gasteiger charge is -2.35.